The number of ether oxygens (including phenoxy) is 2. The molecule has 4 aliphatic rings. The van der Waals surface area contributed by atoms with Crippen molar-refractivity contribution < 1.29 is 37.1 Å². The Morgan fingerprint density at radius 3 is 2.61 bits per heavy atom. The molecule has 2 aromatic heterocycles. The Bertz CT molecular complexity index is 2150. The number of carbonyl (C=O) groups excluding carboxylic acids is 4. The second-order valence-electron chi connectivity index (χ2n) is 15.1. The molecular weight excluding hydrogens is 733 g/mol. The number of thiazole rings is 1. The van der Waals surface area contributed by atoms with Crippen LogP contribution in [-0.4, -0.2) is 102 Å². The number of amides is 4. The van der Waals surface area contributed by atoms with Gasteiger partial charge in [0.1, 0.15) is 39.9 Å². The number of carbonyl (C=O) groups is 4. The highest BCUT2D eigenvalue weighted by molar-refractivity contribution is 7.91. The molecule has 4 amide bonds. The molecule has 2 aliphatic heterocycles. The fourth-order valence-corrected chi connectivity index (χ4v) is 9.54. The Morgan fingerprint density at radius 1 is 1.13 bits per heavy atom. The third kappa shape index (κ3) is 7.41. The van der Waals surface area contributed by atoms with Crippen molar-refractivity contribution in [2.75, 3.05) is 27.2 Å². The van der Waals surface area contributed by atoms with E-state index < -0.39 is 56.6 Å². The molecule has 1 saturated heterocycles. The molecular formula is C38H46N6O8S2. The van der Waals surface area contributed by atoms with Crippen molar-refractivity contribution in [3.63, 3.8) is 0 Å². The normalized spacial score (nSPS) is 25.7. The summed E-state index contributed by atoms with van der Waals surface area (Å²) >= 11 is 1.48. The van der Waals surface area contributed by atoms with Gasteiger partial charge in [0.05, 0.1) is 36.7 Å². The van der Waals surface area contributed by atoms with Crippen molar-refractivity contribution in [2.45, 2.75) is 94.6 Å². The minimum atomic E-state index is -3.88. The maximum Gasteiger partial charge on any atom is 0.259 e. The van der Waals surface area contributed by atoms with E-state index in [2.05, 4.69) is 23.9 Å². The molecule has 0 radical (unpaired) electrons. The molecule has 1 aromatic carbocycles. The quantitative estimate of drug-likeness (QED) is 0.320. The molecule has 0 unspecified atom stereocenters. The number of pyridine rings is 1. The number of hydrogen-bond donors (Lipinski definition) is 2. The second-order valence-corrected chi connectivity index (χ2v) is 17.9. The maximum absolute atomic E-state index is 14.3. The third-order valence-electron chi connectivity index (χ3n) is 10.8. The molecule has 54 heavy (non-hydrogen) atoms. The summed E-state index contributed by atoms with van der Waals surface area (Å²) < 4.78 is 40.1. The number of hydrogen-bond acceptors (Lipinski definition) is 11. The van der Waals surface area contributed by atoms with Crippen molar-refractivity contribution in [3.05, 3.63) is 47.0 Å². The van der Waals surface area contributed by atoms with Crippen LogP contribution in [0.15, 0.2) is 35.7 Å². The molecule has 2 saturated carbocycles. The molecule has 288 valence electrons. The maximum atomic E-state index is 14.3. The number of aryl methyl sites for hydroxylation is 1. The monoisotopic (exact) mass is 778 g/mol. The standard InChI is InChI=1S/C38H46N6O8S2/c1-21(2)28-20-53-36(40-28)27-16-31(26-13-14-30(51-5)22(3)34(26)39-27)52-24-15-29-35(47)41-38(37(48)42-54(49,50)25-11-12-25)17-23(38)9-7-6-8-10-32(45)43(4)19-33(46)44(29)18-24/h7,9,13-14,16,20-21,23-25,29H,6,8,10-12,15,17-19H2,1-5H3,(H,41,47)(H,42,48)/b9-7-/t23-,24-,29+,38-/m1/s1. The van der Waals surface area contributed by atoms with Crippen molar-refractivity contribution in [1.82, 2.24) is 29.8 Å². The molecule has 7 rings (SSSR count). The zero-order valence-electron chi connectivity index (χ0n) is 31.1. The van der Waals surface area contributed by atoms with Crippen molar-refractivity contribution in [1.29, 1.82) is 0 Å². The van der Waals surface area contributed by atoms with E-state index in [0.717, 1.165) is 11.3 Å². The largest absolute Gasteiger partial charge is 0.496 e. The average Bonchev–Trinajstić information content (AvgIpc) is 4.00. The van der Waals surface area contributed by atoms with E-state index in [9.17, 15) is 27.6 Å². The van der Waals surface area contributed by atoms with Crippen LogP contribution < -0.4 is 19.5 Å². The van der Waals surface area contributed by atoms with Gasteiger partial charge in [-0.05, 0) is 57.1 Å². The van der Waals surface area contributed by atoms with Gasteiger partial charge in [0, 0.05) is 48.2 Å². The summed E-state index contributed by atoms with van der Waals surface area (Å²) in [6, 6.07) is 4.46. The zero-order chi connectivity index (χ0) is 38.5. The summed E-state index contributed by atoms with van der Waals surface area (Å²) in [6.07, 6.45) is 5.51. The fraction of sp³-hybridized carbons (Fsp3) is 0.526. The Balaban J connectivity index is 1.22. The van der Waals surface area contributed by atoms with Crippen molar-refractivity contribution >= 4 is 55.9 Å². The Hall–Kier alpha value is -4.57. The molecule has 3 aromatic rings. The second kappa shape index (κ2) is 14.6. The van der Waals surface area contributed by atoms with Gasteiger partial charge in [-0.25, -0.2) is 18.4 Å². The molecule has 4 atom stereocenters. The molecule has 16 heteroatoms. The first-order chi connectivity index (χ1) is 25.7. The van der Waals surface area contributed by atoms with Crippen LogP contribution in [0, 0.1) is 12.8 Å². The van der Waals surface area contributed by atoms with Crippen molar-refractivity contribution in [3.8, 4) is 22.2 Å². The highest BCUT2D eigenvalue weighted by Crippen LogP contribution is 2.46. The number of nitrogens with zero attached hydrogens (tertiary/aromatic N) is 4. The van der Waals surface area contributed by atoms with E-state index >= 15 is 0 Å². The van der Waals surface area contributed by atoms with E-state index in [-0.39, 0.29) is 44.2 Å². The Labute approximate surface area is 318 Å². The lowest BCUT2D eigenvalue weighted by molar-refractivity contribution is -0.143. The van der Waals surface area contributed by atoms with Crippen LogP contribution in [0.2, 0.25) is 0 Å². The van der Waals surface area contributed by atoms with Gasteiger partial charge >= 0.3 is 0 Å². The number of methoxy groups -OCH3 is 1. The minimum absolute atomic E-state index is 0.0283. The van der Waals surface area contributed by atoms with Gasteiger partial charge < -0.3 is 24.6 Å². The SMILES string of the molecule is COc1ccc2c(O[C@@H]3C[C@H]4C(=O)N[C@]5(C(=O)NS(=O)(=O)C6CC6)C[C@H]5/C=C\CCCC(=O)N(C)CC(=O)N4C3)cc(-c3nc(C(C)C)cs3)nc2c1C. The van der Waals surface area contributed by atoms with E-state index in [0.29, 0.717) is 58.8 Å². The molecule has 3 fully saturated rings. The van der Waals surface area contributed by atoms with Crippen LogP contribution in [0.25, 0.3) is 21.6 Å². The number of nitrogens with one attached hydrogen (secondary N) is 2. The first-order valence-corrected chi connectivity index (χ1v) is 20.8. The van der Waals surface area contributed by atoms with Crippen LogP contribution >= 0.6 is 11.3 Å². The van der Waals surface area contributed by atoms with Gasteiger partial charge in [-0.2, -0.15) is 0 Å². The Kier molecular flexibility index (Phi) is 10.2. The first kappa shape index (κ1) is 37.7. The van der Waals surface area contributed by atoms with Crippen LogP contribution in [0.1, 0.15) is 76.0 Å². The van der Waals surface area contributed by atoms with Crippen molar-refractivity contribution in [2.24, 2.45) is 5.92 Å². The predicted molar refractivity (Wildman–Crippen MR) is 202 cm³/mol. The zero-order valence-corrected chi connectivity index (χ0v) is 32.7. The number of likely N-dealkylation sites (N-methyl/N-ethyl adjacent to an activating group) is 1. The molecule has 0 bridgehead atoms. The van der Waals surface area contributed by atoms with Gasteiger partial charge in [-0.15, -0.1) is 11.3 Å². The van der Waals surface area contributed by atoms with E-state index in [4.69, 9.17) is 19.4 Å². The summed E-state index contributed by atoms with van der Waals surface area (Å²) in [6.45, 7) is 5.84. The highest BCUT2D eigenvalue weighted by Gasteiger charge is 2.62. The third-order valence-corrected chi connectivity index (χ3v) is 13.5. The minimum Gasteiger partial charge on any atom is -0.496 e. The summed E-state index contributed by atoms with van der Waals surface area (Å²) in [5.74, 6) is -1.12. The number of fused-ring (bicyclic) bond motifs is 3. The number of rotatable bonds is 8. The number of allylic oxidation sites excluding steroid dienone is 1. The number of benzene rings is 1. The first-order valence-electron chi connectivity index (χ1n) is 18.4. The van der Waals surface area contributed by atoms with Crippen LogP contribution in [0.3, 0.4) is 0 Å². The topological polar surface area (TPSA) is 177 Å². The summed E-state index contributed by atoms with van der Waals surface area (Å²) in [4.78, 5) is 67.4. The number of sulfonamides is 1. The smallest absolute Gasteiger partial charge is 0.259 e. The van der Waals surface area contributed by atoms with Gasteiger partial charge in [-0.1, -0.05) is 26.0 Å². The average molecular weight is 779 g/mol. The van der Waals surface area contributed by atoms with Crippen LogP contribution in [0.5, 0.6) is 11.5 Å². The summed E-state index contributed by atoms with van der Waals surface area (Å²) in [7, 11) is -0.727. The van der Waals surface area contributed by atoms with Gasteiger partial charge in [0.2, 0.25) is 27.7 Å². The highest BCUT2D eigenvalue weighted by atomic mass is 32.2. The molecule has 2 N–H and O–H groups in total. The predicted octanol–water partition coefficient (Wildman–Crippen LogP) is 3.83. The molecule has 4 heterocycles. The van der Waals surface area contributed by atoms with E-state index in [1.807, 2.05) is 36.6 Å². The molecule has 0 spiro atoms. The van der Waals surface area contributed by atoms with E-state index in [1.54, 1.807) is 20.2 Å². The van der Waals surface area contributed by atoms with Gasteiger partial charge in [0.15, 0.2) is 0 Å². The summed E-state index contributed by atoms with van der Waals surface area (Å²) in [5, 5.41) is 5.69. The van der Waals surface area contributed by atoms with E-state index in [1.165, 1.54) is 21.1 Å². The fourth-order valence-electron chi connectivity index (χ4n) is 7.23. The Morgan fingerprint density at radius 2 is 1.91 bits per heavy atom. The lowest BCUT2D eigenvalue weighted by atomic mass is 10.1. The summed E-state index contributed by atoms with van der Waals surface area (Å²) in [5.41, 5.74) is 1.52. The molecule has 14 nitrogen and oxygen atoms in total. The lowest BCUT2D eigenvalue weighted by Gasteiger charge is -2.28. The molecule has 2 aliphatic carbocycles. The lowest BCUT2D eigenvalue weighted by Crippen LogP contribution is -2.57. The van der Waals surface area contributed by atoms with Gasteiger partial charge in [0.25, 0.3) is 5.91 Å². The van der Waals surface area contributed by atoms with Crippen LogP contribution in [0.4, 0.5) is 0 Å². The van der Waals surface area contributed by atoms with Crippen LogP contribution in [-0.2, 0) is 29.2 Å². The van der Waals surface area contributed by atoms with Gasteiger partial charge in [-0.3, -0.25) is 23.9 Å². The number of aromatic nitrogens is 2.